The molecule has 2 amide bonds. The third-order valence-electron chi connectivity index (χ3n) is 4.47. The number of alkyl halides is 3. The topological polar surface area (TPSA) is 41.1 Å². The number of carbonyl (C=O) groups is 1. The molecule has 1 aromatic carbocycles. The lowest BCUT2D eigenvalue weighted by atomic mass is 9.85. The minimum atomic E-state index is -4.18. The van der Waals surface area contributed by atoms with Crippen LogP contribution in [0.1, 0.15) is 49.8 Å². The Hall–Kier alpha value is -1.72. The second-order valence-electron chi connectivity index (χ2n) is 6.30. The predicted octanol–water partition coefficient (Wildman–Crippen LogP) is 4.48. The van der Waals surface area contributed by atoms with Crippen molar-refractivity contribution in [2.24, 2.45) is 5.92 Å². The zero-order valence-electron chi connectivity index (χ0n) is 13.4. The number of halogens is 3. The highest BCUT2D eigenvalue weighted by atomic mass is 19.4. The number of urea groups is 1. The van der Waals surface area contributed by atoms with Gasteiger partial charge in [-0.15, -0.1) is 0 Å². The Morgan fingerprint density at radius 1 is 1.26 bits per heavy atom. The molecule has 0 saturated heterocycles. The van der Waals surface area contributed by atoms with Crippen molar-refractivity contribution in [1.29, 1.82) is 0 Å². The van der Waals surface area contributed by atoms with Crippen LogP contribution in [0.3, 0.4) is 0 Å². The zero-order valence-corrected chi connectivity index (χ0v) is 13.4. The van der Waals surface area contributed by atoms with Crippen LogP contribution >= 0.6 is 0 Å². The zero-order chi connectivity index (χ0) is 17.0. The van der Waals surface area contributed by atoms with Gasteiger partial charge in [0.15, 0.2) is 0 Å². The predicted molar refractivity (Wildman–Crippen MR) is 83.1 cm³/mol. The highest BCUT2D eigenvalue weighted by Gasteiger charge is 2.42. The van der Waals surface area contributed by atoms with E-state index < -0.39 is 24.2 Å². The molecule has 1 aliphatic rings. The second kappa shape index (κ2) is 7.23. The quantitative estimate of drug-likeness (QED) is 0.844. The van der Waals surface area contributed by atoms with Gasteiger partial charge < -0.3 is 10.6 Å². The maximum Gasteiger partial charge on any atom is 0.391 e. The van der Waals surface area contributed by atoms with Crippen LogP contribution in [0.25, 0.3) is 0 Å². The van der Waals surface area contributed by atoms with Gasteiger partial charge in [0.1, 0.15) is 0 Å². The molecule has 1 aromatic rings. The second-order valence-corrected chi connectivity index (χ2v) is 6.30. The van der Waals surface area contributed by atoms with E-state index in [1.54, 1.807) is 0 Å². The van der Waals surface area contributed by atoms with E-state index in [1.165, 1.54) is 0 Å². The van der Waals surface area contributed by atoms with E-state index in [4.69, 9.17) is 0 Å². The smallest absolute Gasteiger partial charge is 0.335 e. The first-order valence-electron chi connectivity index (χ1n) is 7.96. The van der Waals surface area contributed by atoms with Gasteiger partial charge in [0.25, 0.3) is 0 Å². The summed E-state index contributed by atoms with van der Waals surface area (Å²) in [5.74, 6) is -1.31. The van der Waals surface area contributed by atoms with Crippen molar-refractivity contribution in [1.82, 2.24) is 10.6 Å². The molecular formula is C17H23F3N2O. The van der Waals surface area contributed by atoms with Crippen molar-refractivity contribution in [3.05, 3.63) is 35.4 Å². The van der Waals surface area contributed by atoms with E-state index in [2.05, 4.69) is 10.6 Å². The van der Waals surface area contributed by atoms with Crippen molar-refractivity contribution in [2.45, 2.75) is 57.8 Å². The summed E-state index contributed by atoms with van der Waals surface area (Å²) in [6.07, 6.45) is -2.97. The van der Waals surface area contributed by atoms with Gasteiger partial charge >= 0.3 is 12.2 Å². The molecule has 128 valence electrons. The maximum absolute atomic E-state index is 12.8. The lowest BCUT2D eigenvalue weighted by Crippen LogP contribution is -2.46. The molecule has 2 N–H and O–H groups in total. The van der Waals surface area contributed by atoms with Gasteiger partial charge in [-0.3, -0.25) is 0 Å². The van der Waals surface area contributed by atoms with E-state index in [-0.39, 0.29) is 18.9 Å². The molecule has 2 rings (SSSR count). The molecule has 23 heavy (non-hydrogen) atoms. The Morgan fingerprint density at radius 2 is 1.96 bits per heavy atom. The molecule has 0 aliphatic heterocycles. The summed E-state index contributed by atoms with van der Waals surface area (Å²) in [4.78, 5) is 12.1. The molecule has 1 aliphatic carbocycles. The minimum absolute atomic E-state index is 0.0321. The first-order valence-corrected chi connectivity index (χ1v) is 7.96. The number of rotatable bonds is 3. The molecule has 6 heteroatoms. The largest absolute Gasteiger partial charge is 0.391 e. The van der Waals surface area contributed by atoms with Crippen LogP contribution in [0.5, 0.6) is 0 Å². The molecule has 3 atom stereocenters. The number of amides is 2. The van der Waals surface area contributed by atoms with Crippen LogP contribution in [0.2, 0.25) is 0 Å². The van der Waals surface area contributed by atoms with Gasteiger partial charge in [-0.25, -0.2) is 4.79 Å². The fraction of sp³-hybridized carbons (Fsp3) is 0.588. The number of carbonyl (C=O) groups excluding carboxylic acids is 1. The third-order valence-corrected chi connectivity index (χ3v) is 4.47. The van der Waals surface area contributed by atoms with E-state index in [0.717, 1.165) is 11.1 Å². The highest BCUT2D eigenvalue weighted by Crippen LogP contribution is 2.37. The van der Waals surface area contributed by atoms with Gasteiger partial charge in [0, 0.05) is 6.04 Å². The normalized spacial score (nSPS) is 23.2. The highest BCUT2D eigenvalue weighted by molar-refractivity contribution is 5.74. The summed E-state index contributed by atoms with van der Waals surface area (Å²) in [6.45, 7) is 3.82. The standard InChI is InChI=1S/C17H23F3N2O/c1-11-6-3-4-9-15(11)12(2)21-16(23)22-14-8-5-7-13(10-14)17(18,19)20/h3-4,6,9,12-14H,5,7-8,10H2,1-2H3,(H2,21,22,23). The van der Waals surface area contributed by atoms with Gasteiger partial charge in [-0.05, 0) is 44.2 Å². The van der Waals surface area contributed by atoms with Crippen LogP contribution in [0.15, 0.2) is 24.3 Å². The van der Waals surface area contributed by atoms with Crippen molar-refractivity contribution in [2.75, 3.05) is 0 Å². The van der Waals surface area contributed by atoms with E-state index in [1.807, 2.05) is 38.1 Å². The minimum Gasteiger partial charge on any atom is -0.335 e. The number of aryl methyl sites for hydroxylation is 1. The first-order chi connectivity index (χ1) is 10.8. The lowest BCUT2D eigenvalue weighted by Gasteiger charge is -2.31. The summed E-state index contributed by atoms with van der Waals surface area (Å²) in [6, 6.07) is 6.69. The van der Waals surface area contributed by atoms with E-state index in [9.17, 15) is 18.0 Å². The Morgan fingerprint density at radius 3 is 2.61 bits per heavy atom. The molecule has 1 saturated carbocycles. The number of benzene rings is 1. The van der Waals surface area contributed by atoms with Crippen molar-refractivity contribution >= 4 is 6.03 Å². The van der Waals surface area contributed by atoms with E-state index >= 15 is 0 Å². The SMILES string of the molecule is Cc1ccccc1C(C)NC(=O)NC1CCCC(C(F)(F)F)C1. The Bertz CT molecular complexity index is 545. The van der Waals surface area contributed by atoms with Crippen LogP contribution in [0.4, 0.5) is 18.0 Å². The lowest BCUT2D eigenvalue weighted by molar-refractivity contribution is -0.183. The number of nitrogens with one attached hydrogen (secondary N) is 2. The summed E-state index contributed by atoms with van der Waals surface area (Å²) < 4.78 is 38.4. The van der Waals surface area contributed by atoms with Gasteiger partial charge in [-0.1, -0.05) is 30.7 Å². The molecule has 1 fully saturated rings. The average molecular weight is 328 g/mol. The summed E-state index contributed by atoms with van der Waals surface area (Å²) >= 11 is 0. The van der Waals surface area contributed by atoms with Gasteiger partial charge in [0.2, 0.25) is 0 Å². The molecule has 0 heterocycles. The molecule has 0 spiro atoms. The number of hydrogen-bond donors (Lipinski definition) is 2. The van der Waals surface area contributed by atoms with Crippen LogP contribution < -0.4 is 10.6 Å². The maximum atomic E-state index is 12.8. The molecule has 3 unspecified atom stereocenters. The van der Waals surface area contributed by atoms with Gasteiger partial charge in [0.05, 0.1) is 12.0 Å². The van der Waals surface area contributed by atoms with Crippen LogP contribution in [-0.4, -0.2) is 18.2 Å². The van der Waals surface area contributed by atoms with Gasteiger partial charge in [-0.2, -0.15) is 13.2 Å². The van der Waals surface area contributed by atoms with Crippen LogP contribution in [0, 0.1) is 12.8 Å². The Balaban J connectivity index is 1.88. The van der Waals surface area contributed by atoms with Crippen molar-refractivity contribution in [3.8, 4) is 0 Å². The summed E-state index contributed by atoms with van der Waals surface area (Å²) in [5.41, 5.74) is 2.06. The monoisotopic (exact) mass is 328 g/mol. The first kappa shape index (κ1) is 17.6. The fourth-order valence-corrected chi connectivity index (χ4v) is 3.19. The third kappa shape index (κ3) is 4.88. The van der Waals surface area contributed by atoms with Crippen molar-refractivity contribution < 1.29 is 18.0 Å². The van der Waals surface area contributed by atoms with Crippen LogP contribution in [-0.2, 0) is 0 Å². The summed E-state index contributed by atoms with van der Waals surface area (Å²) in [5, 5.41) is 5.50. The molecule has 0 bridgehead atoms. The number of hydrogen-bond acceptors (Lipinski definition) is 1. The Kier molecular flexibility index (Phi) is 5.55. The molecular weight excluding hydrogens is 305 g/mol. The van der Waals surface area contributed by atoms with Crippen molar-refractivity contribution in [3.63, 3.8) is 0 Å². The molecule has 3 nitrogen and oxygen atoms in total. The molecule has 0 radical (unpaired) electrons. The Labute approximate surface area is 134 Å². The summed E-state index contributed by atoms with van der Waals surface area (Å²) in [7, 11) is 0. The van der Waals surface area contributed by atoms with E-state index in [0.29, 0.717) is 12.8 Å². The fourth-order valence-electron chi connectivity index (χ4n) is 3.19. The molecule has 0 aromatic heterocycles. The average Bonchev–Trinajstić information content (AvgIpc) is 2.46.